The van der Waals surface area contributed by atoms with Gasteiger partial charge in [-0.3, -0.25) is 4.79 Å². The average Bonchev–Trinajstić information content (AvgIpc) is 3.15. The SMILES string of the molecule is COc1ccc(S(=O)(=O)N(CC(=O)N2c3ccccc3C[C@H]2C)Cc2ccccc2)cc1C. The predicted octanol–water partition coefficient (Wildman–Crippen LogP) is 4.17. The Morgan fingerprint density at radius 2 is 1.76 bits per heavy atom. The summed E-state index contributed by atoms with van der Waals surface area (Å²) in [6, 6.07) is 21.8. The number of hydrogen-bond donors (Lipinski definition) is 0. The van der Waals surface area contributed by atoms with Crippen LogP contribution in [0.3, 0.4) is 0 Å². The molecule has 0 aliphatic carbocycles. The number of aryl methyl sites for hydroxylation is 1. The Labute approximate surface area is 195 Å². The molecule has 1 aliphatic heterocycles. The number of amides is 1. The standard InChI is InChI=1S/C26H28N2O4S/c1-19-15-23(13-14-25(19)32-3)33(30,31)27(17-21-9-5-4-6-10-21)18-26(29)28-20(2)16-22-11-7-8-12-24(22)28/h4-15,20H,16-18H2,1-3H3/t20-/m1/s1. The van der Waals surface area contributed by atoms with E-state index in [1.54, 1.807) is 31.1 Å². The van der Waals surface area contributed by atoms with E-state index in [1.807, 2.05) is 61.5 Å². The maximum absolute atomic E-state index is 13.7. The molecule has 3 aromatic carbocycles. The molecule has 0 saturated heterocycles. The van der Waals surface area contributed by atoms with Crippen LogP contribution >= 0.6 is 0 Å². The van der Waals surface area contributed by atoms with Crippen LogP contribution < -0.4 is 9.64 Å². The summed E-state index contributed by atoms with van der Waals surface area (Å²) in [6.07, 6.45) is 0.755. The van der Waals surface area contributed by atoms with Crippen LogP contribution in [-0.4, -0.2) is 38.3 Å². The molecule has 6 nitrogen and oxygen atoms in total. The fourth-order valence-corrected chi connectivity index (χ4v) is 5.81. The van der Waals surface area contributed by atoms with E-state index in [4.69, 9.17) is 4.74 Å². The summed E-state index contributed by atoms with van der Waals surface area (Å²) >= 11 is 0. The van der Waals surface area contributed by atoms with Crippen molar-refractivity contribution >= 4 is 21.6 Å². The van der Waals surface area contributed by atoms with E-state index in [0.29, 0.717) is 11.3 Å². The van der Waals surface area contributed by atoms with Crippen molar-refractivity contribution in [3.05, 3.63) is 89.5 Å². The molecule has 3 aromatic rings. The number of nitrogens with zero attached hydrogens (tertiary/aromatic N) is 2. The molecule has 0 fully saturated rings. The molecule has 1 atom stereocenters. The van der Waals surface area contributed by atoms with Crippen molar-refractivity contribution in [2.45, 2.75) is 37.8 Å². The van der Waals surface area contributed by atoms with Crippen molar-refractivity contribution in [1.29, 1.82) is 0 Å². The van der Waals surface area contributed by atoms with Gasteiger partial charge in [0.2, 0.25) is 15.9 Å². The number of para-hydroxylation sites is 1. The molecule has 0 radical (unpaired) electrons. The van der Waals surface area contributed by atoms with Gasteiger partial charge in [0.25, 0.3) is 0 Å². The Balaban J connectivity index is 1.68. The van der Waals surface area contributed by atoms with E-state index in [-0.39, 0.29) is 29.9 Å². The Morgan fingerprint density at radius 1 is 1.06 bits per heavy atom. The first kappa shape index (κ1) is 23.0. The van der Waals surface area contributed by atoms with Gasteiger partial charge < -0.3 is 9.64 Å². The second kappa shape index (κ2) is 9.37. The number of carbonyl (C=O) groups is 1. The Hall–Kier alpha value is -3.16. The first-order valence-electron chi connectivity index (χ1n) is 10.9. The number of sulfonamides is 1. The smallest absolute Gasteiger partial charge is 0.243 e. The second-order valence-corrected chi connectivity index (χ2v) is 10.3. The van der Waals surface area contributed by atoms with Crippen molar-refractivity contribution in [2.75, 3.05) is 18.6 Å². The number of anilines is 1. The third-order valence-corrected chi connectivity index (χ3v) is 7.78. The van der Waals surface area contributed by atoms with Gasteiger partial charge in [0.15, 0.2) is 0 Å². The van der Waals surface area contributed by atoms with Gasteiger partial charge in [-0.05, 0) is 61.2 Å². The minimum atomic E-state index is -3.94. The molecular formula is C26H28N2O4S. The lowest BCUT2D eigenvalue weighted by Crippen LogP contribution is -2.44. The van der Waals surface area contributed by atoms with E-state index in [9.17, 15) is 13.2 Å². The van der Waals surface area contributed by atoms with Gasteiger partial charge in [-0.25, -0.2) is 8.42 Å². The van der Waals surface area contributed by atoms with Crippen molar-refractivity contribution < 1.29 is 17.9 Å². The summed E-state index contributed by atoms with van der Waals surface area (Å²) in [5.41, 5.74) is 3.48. The summed E-state index contributed by atoms with van der Waals surface area (Å²) in [6.45, 7) is 3.64. The molecule has 0 saturated carbocycles. The molecule has 0 spiro atoms. The fourth-order valence-electron chi connectivity index (χ4n) is 4.35. The third-order valence-electron chi connectivity index (χ3n) is 5.99. The van der Waals surface area contributed by atoms with Gasteiger partial charge in [-0.1, -0.05) is 48.5 Å². The summed E-state index contributed by atoms with van der Waals surface area (Å²) in [5.74, 6) is 0.374. The van der Waals surface area contributed by atoms with Gasteiger partial charge in [0.05, 0.1) is 18.6 Å². The van der Waals surface area contributed by atoms with E-state index in [1.165, 1.54) is 10.4 Å². The first-order valence-corrected chi connectivity index (χ1v) is 12.3. The molecule has 0 aromatic heterocycles. The molecule has 1 heterocycles. The number of carbonyl (C=O) groups excluding carboxylic acids is 1. The van der Waals surface area contributed by atoms with Crippen LogP contribution in [-0.2, 0) is 27.8 Å². The van der Waals surface area contributed by atoms with Crippen molar-refractivity contribution in [2.24, 2.45) is 0 Å². The second-order valence-electron chi connectivity index (χ2n) is 8.34. The Kier molecular flexibility index (Phi) is 6.54. The number of methoxy groups -OCH3 is 1. The van der Waals surface area contributed by atoms with Crippen LogP contribution in [0.5, 0.6) is 5.75 Å². The monoisotopic (exact) mass is 464 g/mol. The minimum absolute atomic E-state index is 0.0283. The maximum Gasteiger partial charge on any atom is 0.243 e. The number of fused-ring (bicyclic) bond motifs is 1. The summed E-state index contributed by atoms with van der Waals surface area (Å²) < 4.78 is 33.9. The van der Waals surface area contributed by atoms with Crippen molar-refractivity contribution in [3.8, 4) is 5.75 Å². The number of benzene rings is 3. The van der Waals surface area contributed by atoms with Gasteiger partial charge in [0.1, 0.15) is 5.75 Å². The fraction of sp³-hybridized carbons (Fsp3) is 0.269. The lowest BCUT2D eigenvalue weighted by molar-refractivity contribution is -0.119. The normalized spacial score (nSPS) is 15.5. The molecule has 7 heteroatoms. The summed E-state index contributed by atoms with van der Waals surface area (Å²) in [5, 5.41) is 0. The highest BCUT2D eigenvalue weighted by Crippen LogP contribution is 2.32. The lowest BCUT2D eigenvalue weighted by Gasteiger charge is -2.28. The van der Waals surface area contributed by atoms with Crippen molar-refractivity contribution in [1.82, 2.24) is 4.31 Å². The lowest BCUT2D eigenvalue weighted by atomic mass is 10.1. The molecule has 1 amide bonds. The first-order chi connectivity index (χ1) is 15.8. The van der Waals surface area contributed by atoms with Crippen LogP contribution in [0.15, 0.2) is 77.7 Å². The van der Waals surface area contributed by atoms with Crippen LogP contribution in [0.25, 0.3) is 0 Å². The van der Waals surface area contributed by atoms with E-state index in [0.717, 1.165) is 23.2 Å². The zero-order valence-electron chi connectivity index (χ0n) is 19.1. The van der Waals surface area contributed by atoms with Gasteiger partial charge in [-0.15, -0.1) is 0 Å². The maximum atomic E-state index is 13.7. The largest absolute Gasteiger partial charge is 0.496 e. The van der Waals surface area contributed by atoms with Gasteiger partial charge in [-0.2, -0.15) is 4.31 Å². The molecule has 0 bridgehead atoms. The average molecular weight is 465 g/mol. The number of rotatable bonds is 7. The summed E-state index contributed by atoms with van der Waals surface area (Å²) in [4.78, 5) is 15.3. The summed E-state index contributed by atoms with van der Waals surface area (Å²) in [7, 11) is -2.39. The van der Waals surface area contributed by atoms with E-state index < -0.39 is 10.0 Å². The molecule has 33 heavy (non-hydrogen) atoms. The molecule has 4 rings (SSSR count). The minimum Gasteiger partial charge on any atom is -0.496 e. The van der Waals surface area contributed by atoms with Crippen molar-refractivity contribution in [3.63, 3.8) is 0 Å². The highest BCUT2D eigenvalue weighted by Gasteiger charge is 2.34. The zero-order chi connectivity index (χ0) is 23.6. The predicted molar refractivity (Wildman–Crippen MR) is 129 cm³/mol. The molecule has 172 valence electrons. The van der Waals surface area contributed by atoms with Crippen LogP contribution in [0.4, 0.5) is 5.69 Å². The third kappa shape index (κ3) is 4.65. The quantitative estimate of drug-likeness (QED) is 0.526. The molecule has 0 N–H and O–H groups in total. The Bertz CT molecular complexity index is 1260. The molecule has 1 aliphatic rings. The van der Waals surface area contributed by atoms with E-state index in [2.05, 4.69) is 0 Å². The van der Waals surface area contributed by atoms with Gasteiger partial charge in [0, 0.05) is 18.3 Å². The highest BCUT2D eigenvalue weighted by molar-refractivity contribution is 7.89. The molecular weight excluding hydrogens is 436 g/mol. The van der Waals surface area contributed by atoms with Crippen LogP contribution in [0, 0.1) is 6.92 Å². The zero-order valence-corrected chi connectivity index (χ0v) is 19.9. The molecule has 0 unspecified atom stereocenters. The highest BCUT2D eigenvalue weighted by atomic mass is 32.2. The van der Waals surface area contributed by atoms with Gasteiger partial charge >= 0.3 is 0 Å². The topological polar surface area (TPSA) is 66.9 Å². The Morgan fingerprint density at radius 3 is 2.45 bits per heavy atom. The number of hydrogen-bond acceptors (Lipinski definition) is 4. The van der Waals surface area contributed by atoms with Crippen LogP contribution in [0.1, 0.15) is 23.6 Å². The number of ether oxygens (including phenoxy) is 1. The van der Waals surface area contributed by atoms with Crippen LogP contribution in [0.2, 0.25) is 0 Å². The van der Waals surface area contributed by atoms with E-state index >= 15 is 0 Å².